The van der Waals surface area contributed by atoms with Crippen molar-refractivity contribution >= 4 is 5.91 Å². The van der Waals surface area contributed by atoms with Gasteiger partial charge >= 0.3 is 0 Å². The molecular formula is C29H47FN2O3. The number of carbonyl (C=O) groups is 1. The van der Waals surface area contributed by atoms with Gasteiger partial charge < -0.3 is 19.7 Å². The van der Waals surface area contributed by atoms with E-state index in [0.29, 0.717) is 38.7 Å². The summed E-state index contributed by atoms with van der Waals surface area (Å²) in [6, 6.07) is 6.76. The topological polar surface area (TPSA) is 50.8 Å². The molecule has 1 aromatic carbocycles. The summed E-state index contributed by atoms with van der Waals surface area (Å²) in [4.78, 5) is 15.4. The number of carbonyl (C=O) groups excluding carboxylic acids is 1. The maximum atomic E-state index is 14.1. The van der Waals surface area contributed by atoms with Crippen LogP contribution in [0.4, 0.5) is 4.39 Å². The van der Waals surface area contributed by atoms with Gasteiger partial charge in [0.25, 0.3) is 0 Å². The zero-order chi connectivity index (χ0) is 24.9. The van der Waals surface area contributed by atoms with Gasteiger partial charge in [-0.25, -0.2) is 4.39 Å². The highest BCUT2D eigenvalue weighted by atomic mass is 19.1. The van der Waals surface area contributed by atoms with Crippen LogP contribution in [0.15, 0.2) is 24.3 Å². The number of benzene rings is 1. The van der Waals surface area contributed by atoms with Crippen molar-refractivity contribution in [3.63, 3.8) is 0 Å². The molecule has 1 N–H and O–H groups in total. The van der Waals surface area contributed by atoms with Crippen molar-refractivity contribution in [2.24, 2.45) is 17.8 Å². The van der Waals surface area contributed by atoms with Crippen molar-refractivity contribution in [1.29, 1.82) is 0 Å². The lowest BCUT2D eigenvalue weighted by Gasteiger charge is -2.38. The Kier molecular flexibility index (Phi) is 12.5. The minimum atomic E-state index is -0.244. The molecule has 0 bridgehead atoms. The largest absolute Gasteiger partial charge is 0.382 e. The summed E-state index contributed by atoms with van der Waals surface area (Å²) in [6.07, 6.45) is 11.0. The zero-order valence-corrected chi connectivity index (χ0v) is 22.0. The van der Waals surface area contributed by atoms with Gasteiger partial charge in [0.2, 0.25) is 5.91 Å². The van der Waals surface area contributed by atoms with Crippen LogP contribution in [0, 0.1) is 23.6 Å². The fourth-order valence-corrected chi connectivity index (χ4v) is 5.99. The molecular weight excluding hydrogens is 443 g/mol. The number of rotatable bonds is 14. The van der Waals surface area contributed by atoms with Crippen LogP contribution in [-0.2, 0) is 14.3 Å². The molecule has 0 unspecified atom stereocenters. The molecule has 5 nitrogen and oxygen atoms in total. The van der Waals surface area contributed by atoms with Crippen LogP contribution in [0.1, 0.15) is 82.8 Å². The summed E-state index contributed by atoms with van der Waals surface area (Å²) in [5.41, 5.74) is 0.867. The third-order valence-electron chi connectivity index (χ3n) is 7.70. The molecule has 198 valence electrons. The first kappa shape index (κ1) is 28.1. The molecule has 1 aliphatic carbocycles. The summed E-state index contributed by atoms with van der Waals surface area (Å²) < 4.78 is 25.8. The summed E-state index contributed by atoms with van der Waals surface area (Å²) in [5.74, 6) is 1.35. The molecule has 1 amide bonds. The number of ether oxygens (including phenoxy) is 2. The zero-order valence-electron chi connectivity index (χ0n) is 22.0. The molecule has 3 atom stereocenters. The number of hydrogen-bond acceptors (Lipinski definition) is 4. The van der Waals surface area contributed by atoms with Crippen LogP contribution in [-0.4, -0.2) is 57.3 Å². The van der Waals surface area contributed by atoms with Crippen molar-refractivity contribution in [2.75, 3.05) is 46.5 Å². The number of halogens is 1. The summed E-state index contributed by atoms with van der Waals surface area (Å²) in [5, 5.41) is 3.32. The van der Waals surface area contributed by atoms with Crippen LogP contribution in [0.2, 0.25) is 0 Å². The third-order valence-corrected chi connectivity index (χ3v) is 7.70. The molecule has 1 saturated heterocycles. The van der Waals surface area contributed by atoms with Crippen molar-refractivity contribution in [1.82, 2.24) is 10.2 Å². The summed E-state index contributed by atoms with van der Waals surface area (Å²) in [7, 11) is 1.99. The fraction of sp³-hybridized carbons (Fsp3) is 0.759. The number of hydrogen-bond donors (Lipinski definition) is 1. The third kappa shape index (κ3) is 9.47. The Morgan fingerprint density at radius 3 is 2.74 bits per heavy atom. The number of piperidine rings is 1. The molecule has 1 aliphatic heterocycles. The molecule has 35 heavy (non-hydrogen) atoms. The highest BCUT2D eigenvalue weighted by molar-refractivity contribution is 5.76. The van der Waals surface area contributed by atoms with Crippen LogP contribution in [0.25, 0.3) is 0 Å². The second-order valence-corrected chi connectivity index (χ2v) is 10.5. The molecule has 3 rings (SSSR count). The van der Waals surface area contributed by atoms with Crippen molar-refractivity contribution < 1.29 is 18.7 Å². The Morgan fingerprint density at radius 2 is 2.00 bits per heavy atom. The lowest BCUT2D eigenvalue weighted by molar-refractivity contribution is -0.135. The van der Waals surface area contributed by atoms with Gasteiger partial charge in [-0.05, 0) is 75.7 Å². The van der Waals surface area contributed by atoms with Crippen LogP contribution >= 0.6 is 0 Å². The Bertz CT molecular complexity index is 740. The average Bonchev–Trinajstić information content (AvgIpc) is 2.87. The number of nitrogens with one attached hydrogen (secondary N) is 1. The fourth-order valence-electron chi connectivity index (χ4n) is 5.99. The van der Waals surface area contributed by atoms with Gasteiger partial charge in [0.15, 0.2) is 0 Å². The van der Waals surface area contributed by atoms with E-state index in [2.05, 4.69) is 5.32 Å². The highest BCUT2D eigenvalue weighted by Gasteiger charge is 2.32. The molecule has 1 aromatic rings. The van der Waals surface area contributed by atoms with Gasteiger partial charge in [-0.2, -0.15) is 0 Å². The second-order valence-electron chi connectivity index (χ2n) is 10.5. The van der Waals surface area contributed by atoms with Gasteiger partial charge in [-0.3, -0.25) is 4.79 Å². The SMILES string of the molecule is CCOCCCO[C@@H](c1cccc(F)c1)[C@@H]1CCCN(C(=O)C[C@H](CNC)CC2CCCCC2)C1. The maximum Gasteiger partial charge on any atom is 0.222 e. The molecule has 0 radical (unpaired) electrons. The van der Waals surface area contributed by atoms with E-state index in [4.69, 9.17) is 9.47 Å². The van der Waals surface area contributed by atoms with Crippen LogP contribution < -0.4 is 5.32 Å². The minimum Gasteiger partial charge on any atom is -0.382 e. The van der Waals surface area contributed by atoms with Crippen molar-refractivity contribution in [3.8, 4) is 0 Å². The van der Waals surface area contributed by atoms with E-state index >= 15 is 0 Å². The highest BCUT2D eigenvalue weighted by Crippen LogP contribution is 2.35. The van der Waals surface area contributed by atoms with E-state index in [9.17, 15) is 9.18 Å². The normalized spacial score (nSPS) is 21.1. The number of nitrogens with zero attached hydrogens (tertiary/aromatic N) is 1. The summed E-state index contributed by atoms with van der Waals surface area (Å²) >= 11 is 0. The van der Waals surface area contributed by atoms with Crippen LogP contribution in [0.5, 0.6) is 0 Å². The standard InChI is InChI=1S/C29H47FN2O3/c1-3-34-16-9-17-35-29(25-12-7-14-27(30)20-25)26-13-8-15-32(22-26)28(33)19-24(21-31-2)18-23-10-5-4-6-11-23/h7,12,14,20,23-24,26,29,31H,3-6,8-11,13,15-19,21-22H2,1-2H3/t24-,26-,29+/m1/s1. The molecule has 1 saturated carbocycles. The molecule has 2 fully saturated rings. The van der Waals surface area contributed by atoms with Gasteiger partial charge in [0.1, 0.15) is 5.82 Å². The molecule has 0 spiro atoms. The van der Waals surface area contributed by atoms with Crippen LogP contribution in [0.3, 0.4) is 0 Å². The Labute approximate surface area is 212 Å². The lowest BCUT2D eigenvalue weighted by Crippen LogP contribution is -2.43. The van der Waals surface area contributed by atoms with Gasteiger partial charge in [-0.15, -0.1) is 0 Å². The quantitative estimate of drug-likeness (QED) is 0.338. The maximum absolute atomic E-state index is 14.1. The van der Waals surface area contributed by atoms with Crippen molar-refractivity contribution in [3.05, 3.63) is 35.6 Å². The number of amides is 1. The number of likely N-dealkylation sites (tertiary alicyclic amines) is 1. The van der Waals surface area contributed by atoms with Gasteiger partial charge in [0.05, 0.1) is 6.10 Å². The van der Waals surface area contributed by atoms with E-state index in [1.807, 2.05) is 24.9 Å². The van der Waals surface area contributed by atoms with E-state index in [0.717, 1.165) is 50.3 Å². The van der Waals surface area contributed by atoms with E-state index in [1.54, 1.807) is 12.1 Å². The van der Waals surface area contributed by atoms with Gasteiger partial charge in [0, 0.05) is 45.2 Å². The summed E-state index contributed by atoms with van der Waals surface area (Å²) in [6.45, 7) is 6.30. The first-order valence-electron chi connectivity index (χ1n) is 14.0. The Morgan fingerprint density at radius 1 is 1.17 bits per heavy atom. The van der Waals surface area contributed by atoms with Crippen molar-refractivity contribution in [2.45, 2.75) is 77.2 Å². The predicted molar refractivity (Wildman–Crippen MR) is 139 cm³/mol. The monoisotopic (exact) mass is 490 g/mol. The molecule has 0 aromatic heterocycles. The van der Waals surface area contributed by atoms with E-state index < -0.39 is 0 Å². The first-order valence-corrected chi connectivity index (χ1v) is 14.0. The molecule has 2 aliphatic rings. The average molecular weight is 491 g/mol. The van der Waals surface area contributed by atoms with E-state index in [1.165, 1.54) is 38.2 Å². The lowest BCUT2D eigenvalue weighted by atomic mass is 9.81. The first-order chi connectivity index (χ1) is 17.1. The Balaban J connectivity index is 1.61. The smallest absolute Gasteiger partial charge is 0.222 e. The van der Waals surface area contributed by atoms with Gasteiger partial charge in [-0.1, -0.05) is 44.2 Å². The second kappa shape index (κ2) is 15.6. The van der Waals surface area contributed by atoms with E-state index in [-0.39, 0.29) is 23.7 Å². The Hall–Kier alpha value is -1.50. The predicted octanol–water partition coefficient (Wildman–Crippen LogP) is 5.74. The minimum absolute atomic E-state index is 0.169. The molecule has 1 heterocycles. The molecule has 6 heteroatoms.